The molecule has 0 aliphatic rings. The molecule has 2 aromatic rings. The molecular weight excluding hydrogens is 290 g/mol. The van der Waals surface area contributed by atoms with Gasteiger partial charge >= 0.3 is 0 Å². The lowest BCUT2D eigenvalue weighted by Crippen LogP contribution is -2.32. The Bertz CT molecular complexity index is 682. The van der Waals surface area contributed by atoms with Crippen molar-refractivity contribution in [3.63, 3.8) is 0 Å². The van der Waals surface area contributed by atoms with Gasteiger partial charge in [0.25, 0.3) is 5.91 Å². The molecule has 1 amide bonds. The van der Waals surface area contributed by atoms with E-state index < -0.39 is 6.10 Å². The van der Waals surface area contributed by atoms with Crippen LogP contribution in [0.4, 0.5) is 5.69 Å². The summed E-state index contributed by atoms with van der Waals surface area (Å²) in [6, 6.07) is 13.1. The molecule has 0 spiro atoms. The normalized spacial score (nSPS) is 11.7. The quantitative estimate of drug-likeness (QED) is 0.873. The van der Waals surface area contributed by atoms with Crippen molar-refractivity contribution in [2.45, 2.75) is 33.3 Å². The van der Waals surface area contributed by atoms with Gasteiger partial charge in [0, 0.05) is 11.8 Å². The molecule has 0 unspecified atom stereocenters. The predicted octanol–water partition coefficient (Wildman–Crippen LogP) is 4.11. The zero-order valence-electron chi connectivity index (χ0n) is 14.1. The second kappa shape index (κ2) is 7.68. The molecule has 2 rings (SSSR count). The molecule has 0 bridgehead atoms. The molecule has 0 fully saturated rings. The largest absolute Gasteiger partial charge is 0.497 e. The Morgan fingerprint density at radius 1 is 1.13 bits per heavy atom. The molecule has 1 atom stereocenters. The first-order valence-corrected chi connectivity index (χ1v) is 7.73. The minimum Gasteiger partial charge on any atom is -0.497 e. The first-order valence-electron chi connectivity index (χ1n) is 7.73. The third kappa shape index (κ3) is 4.25. The van der Waals surface area contributed by atoms with Gasteiger partial charge in [-0.3, -0.25) is 4.79 Å². The lowest BCUT2D eigenvalue weighted by molar-refractivity contribution is -0.122. The van der Waals surface area contributed by atoms with Crippen molar-refractivity contribution in [2.24, 2.45) is 0 Å². The summed E-state index contributed by atoms with van der Waals surface area (Å²) in [5, 5.41) is 2.96. The second-order valence-corrected chi connectivity index (χ2v) is 5.43. The first kappa shape index (κ1) is 16.9. The number of aryl methyl sites for hydroxylation is 1. The zero-order chi connectivity index (χ0) is 16.8. The van der Waals surface area contributed by atoms with E-state index in [1.165, 1.54) is 0 Å². The van der Waals surface area contributed by atoms with Crippen molar-refractivity contribution in [3.05, 3.63) is 53.6 Å². The van der Waals surface area contributed by atoms with E-state index in [9.17, 15) is 4.79 Å². The molecule has 0 aromatic heterocycles. The highest BCUT2D eigenvalue weighted by Crippen LogP contribution is 2.22. The highest BCUT2D eigenvalue weighted by molar-refractivity contribution is 5.95. The minimum absolute atomic E-state index is 0.149. The summed E-state index contributed by atoms with van der Waals surface area (Å²) >= 11 is 0. The van der Waals surface area contributed by atoms with E-state index in [1.807, 2.05) is 57.2 Å². The number of methoxy groups -OCH3 is 1. The summed E-state index contributed by atoms with van der Waals surface area (Å²) in [6.45, 7) is 5.94. The van der Waals surface area contributed by atoms with Gasteiger partial charge in [-0.05, 0) is 49.6 Å². The van der Waals surface area contributed by atoms with Crippen LogP contribution >= 0.6 is 0 Å². The van der Waals surface area contributed by atoms with Crippen LogP contribution in [-0.4, -0.2) is 19.1 Å². The van der Waals surface area contributed by atoms with Crippen LogP contribution in [0.25, 0.3) is 0 Å². The Balaban J connectivity index is 2.10. The number of carbonyl (C=O) groups excluding carboxylic acids is 1. The maximum absolute atomic E-state index is 12.5. The molecule has 4 nitrogen and oxygen atoms in total. The number of amides is 1. The summed E-state index contributed by atoms with van der Waals surface area (Å²) in [7, 11) is 1.60. The number of ether oxygens (including phenoxy) is 2. The number of rotatable bonds is 6. The number of anilines is 1. The fraction of sp³-hybridized carbons (Fsp3) is 0.316. The summed E-state index contributed by atoms with van der Waals surface area (Å²) in [5.41, 5.74) is 3.03. The van der Waals surface area contributed by atoms with Crippen LogP contribution in [-0.2, 0) is 4.79 Å². The lowest BCUT2D eigenvalue weighted by atomic mass is 10.1. The average Bonchev–Trinajstić information content (AvgIpc) is 2.57. The van der Waals surface area contributed by atoms with E-state index in [-0.39, 0.29) is 5.91 Å². The zero-order valence-corrected chi connectivity index (χ0v) is 14.1. The smallest absolute Gasteiger partial charge is 0.265 e. The van der Waals surface area contributed by atoms with Crippen molar-refractivity contribution in [1.29, 1.82) is 0 Å². The van der Waals surface area contributed by atoms with Crippen LogP contribution in [0.15, 0.2) is 42.5 Å². The number of benzene rings is 2. The van der Waals surface area contributed by atoms with Gasteiger partial charge in [0.1, 0.15) is 11.5 Å². The molecule has 2 aromatic carbocycles. The number of nitrogens with one attached hydrogen (secondary N) is 1. The van der Waals surface area contributed by atoms with Crippen LogP contribution in [0.3, 0.4) is 0 Å². The summed E-state index contributed by atoms with van der Waals surface area (Å²) < 4.78 is 11.0. The topological polar surface area (TPSA) is 47.6 Å². The Morgan fingerprint density at radius 3 is 2.52 bits per heavy atom. The molecule has 0 heterocycles. The van der Waals surface area contributed by atoms with Gasteiger partial charge in [-0.1, -0.05) is 25.1 Å². The van der Waals surface area contributed by atoms with Crippen molar-refractivity contribution >= 4 is 11.6 Å². The SMILES string of the molecule is CC[C@H](Oc1cccc(OC)c1)C(=O)Nc1cccc(C)c1C. The van der Waals surface area contributed by atoms with Crippen LogP contribution in [0.5, 0.6) is 11.5 Å². The van der Waals surface area contributed by atoms with Gasteiger partial charge in [0.15, 0.2) is 6.10 Å². The van der Waals surface area contributed by atoms with Gasteiger partial charge in [0.05, 0.1) is 7.11 Å². The third-order valence-electron chi connectivity index (χ3n) is 3.85. The van der Waals surface area contributed by atoms with Gasteiger partial charge in [-0.2, -0.15) is 0 Å². The van der Waals surface area contributed by atoms with Crippen molar-refractivity contribution < 1.29 is 14.3 Å². The number of carbonyl (C=O) groups is 1. The van der Waals surface area contributed by atoms with Gasteiger partial charge < -0.3 is 14.8 Å². The van der Waals surface area contributed by atoms with E-state index in [2.05, 4.69) is 5.32 Å². The molecule has 0 aliphatic carbocycles. The van der Waals surface area contributed by atoms with E-state index >= 15 is 0 Å². The van der Waals surface area contributed by atoms with E-state index in [4.69, 9.17) is 9.47 Å². The monoisotopic (exact) mass is 313 g/mol. The summed E-state index contributed by atoms with van der Waals surface area (Å²) in [6.07, 6.45) is 0.0236. The van der Waals surface area contributed by atoms with Gasteiger partial charge in [0.2, 0.25) is 0 Å². The molecule has 0 radical (unpaired) electrons. The fourth-order valence-electron chi connectivity index (χ4n) is 2.26. The molecule has 4 heteroatoms. The maximum atomic E-state index is 12.5. The van der Waals surface area contributed by atoms with Crippen LogP contribution in [0.2, 0.25) is 0 Å². The standard InChI is InChI=1S/C19H23NO3/c1-5-18(23-16-10-7-9-15(12-16)22-4)19(21)20-17-11-6-8-13(2)14(17)3/h6-12,18H,5H2,1-4H3,(H,20,21)/t18-/m0/s1. The number of hydrogen-bond donors (Lipinski definition) is 1. The Hall–Kier alpha value is -2.49. The van der Waals surface area contributed by atoms with Crippen molar-refractivity contribution in [3.8, 4) is 11.5 Å². The highest BCUT2D eigenvalue weighted by atomic mass is 16.5. The molecule has 0 saturated heterocycles. The van der Waals surface area contributed by atoms with Crippen LogP contribution in [0, 0.1) is 13.8 Å². The molecule has 0 aliphatic heterocycles. The van der Waals surface area contributed by atoms with E-state index in [0.29, 0.717) is 17.9 Å². The highest BCUT2D eigenvalue weighted by Gasteiger charge is 2.19. The van der Waals surface area contributed by atoms with Crippen LogP contribution in [0.1, 0.15) is 24.5 Å². The molecule has 1 N–H and O–H groups in total. The molecule has 23 heavy (non-hydrogen) atoms. The fourth-order valence-corrected chi connectivity index (χ4v) is 2.26. The van der Waals surface area contributed by atoms with Gasteiger partial charge in [-0.15, -0.1) is 0 Å². The van der Waals surface area contributed by atoms with Crippen molar-refractivity contribution in [1.82, 2.24) is 0 Å². The first-order chi connectivity index (χ1) is 11.0. The van der Waals surface area contributed by atoms with E-state index in [0.717, 1.165) is 16.8 Å². The van der Waals surface area contributed by atoms with E-state index in [1.54, 1.807) is 13.2 Å². The Morgan fingerprint density at radius 2 is 1.83 bits per heavy atom. The molecular formula is C19H23NO3. The van der Waals surface area contributed by atoms with Gasteiger partial charge in [-0.25, -0.2) is 0 Å². The molecule has 122 valence electrons. The van der Waals surface area contributed by atoms with Crippen molar-refractivity contribution in [2.75, 3.05) is 12.4 Å². The summed E-state index contributed by atoms with van der Waals surface area (Å²) in [5.74, 6) is 1.17. The second-order valence-electron chi connectivity index (χ2n) is 5.43. The lowest BCUT2D eigenvalue weighted by Gasteiger charge is -2.19. The third-order valence-corrected chi connectivity index (χ3v) is 3.85. The average molecular weight is 313 g/mol. The Kier molecular flexibility index (Phi) is 5.63. The minimum atomic E-state index is -0.554. The van der Waals surface area contributed by atoms with Crippen LogP contribution < -0.4 is 14.8 Å². The predicted molar refractivity (Wildman–Crippen MR) is 92.2 cm³/mol. The summed E-state index contributed by atoms with van der Waals surface area (Å²) in [4.78, 5) is 12.5. The maximum Gasteiger partial charge on any atom is 0.265 e. The Labute approximate surface area is 137 Å². The number of hydrogen-bond acceptors (Lipinski definition) is 3. The molecule has 0 saturated carbocycles.